The first-order valence-electron chi connectivity index (χ1n) is 1.77. The SMILES string of the molecule is N[C@H](CS)C(=O)O.[Na].[Na].[Na]. The number of hydrogen-bond donors (Lipinski definition) is 3. The van der Waals surface area contributed by atoms with E-state index in [4.69, 9.17) is 10.8 Å². The van der Waals surface area contributed by atoms with Crippen molar-refractivity contribution >= 4 is 107 Å². The summed E-state index contributed by atoms with van der Waals surface area (Å²) in [5, 5.41) is 8.01. The van der Waals surface area contributed by atoms with E-state index in [2.05, 4.69) is 12.6 Å². The van der Waals surface area contributed by atoms with Crippen LogP contribution < -0.4 is 5.73 Å². The van der Waals surface area contributed by atoms with Gasteiger partial charge >= 0.3 is 5.97 Å². The van der Waals surface area contributed by atoms with Crippen LogP contribution in [0, 0.1) is 0 Å². The van der Waals surface area contributed by atoms with Gasteiger partial charge in [0, 0.05) is 94.4 Å². The van der Waals surface area contributed by atoms with Crippen LogP contribution in [0.25, 0.3) is 0 Å². The molecule has 0 aliphatic rings. The van der Waals surface area contributed by atoms with Crippen molar-refractivity contribution in [1.82, 2.24) is 0 Å². The summed E-state index contributed by atoms with van der Waals surface area (Å²) in [5.74, 6) is -0.815. The van der Waals surface area contributed by atoms with Gasteiger partial charge in [-0.1, -0.05) is 0 Å². The smallest absolute Gasteiger partial charge is 0.321 e. The van der Waals surface area contributed by atoms with Crippen molar-refractivity contribution in [1.29, 1.82) is 0 Å². The van der Waals surface area contributed by atoms with Gasteiger partial charge in [-0.05, 0) is 0 Å². The summed E-state index contributed by atoms with van der Waals surface area (Å²) in [6, 6.07) is -0.816. The molecule has 0 aromatic rings. The largest absolute Gasteiger partial charge is 0.480 e. The number of aliphatic carboxylic acids is 1. The maximum absolute atomic E-state index is 9.76. The molecule has 3 nitrogen and oxygen atoms in total. The maximum Gasteiger partial charge on any atom is 0.321 e. The molecule has 1 atom stereocenters. The zero-order chi connectivity index (χ0) is 5.86. The number of hydrogen-bond acceptors (Lipinski definition) is 3. The second-order valence-corrected chi connectivity index (χ2v) is 1.49. The molecule has 3 N–H and O–H groups in total. The molecule has 0 aliphatic heterocycles. The van der Waals surface area contributed by atoms with Crippen molar-refractivity contribution in [3.05, 3.63) is 0 Å². The molecule has 45 valence electrons. The van der Waals surface area contributed by atoms with Crippen LogP contribution in [0.5, 0.6) is 0 Å². The summed E-state index contributed by atoms with van der Waals surface area (Å²) in [6.45, 7) is 0. The Morgan fingerprint density at radius 1 is 1.50 bits per heavy atom. The quantitative estimate of drug-likeness (QED) is 0.355. The fourth-order valence-electron chi connectivity index (χ4n) is 0.0781. The molecule has 0 rings (SSSR count). The Bertz CT molecular complexity index is 84.1. The predicted octanol–water partition coefficient (Wildman–Crippen LogP) is -1.81. The third-order valence-electron chi connectivity index (χ3n) is 0.514. The van der Waals surface area contributed by atoms with Gasteiger partial charge < -0.3 is 10.8 Å². The summed E-state index contributed by atoms with van der Waals surface area (Å²) in [4.78, 5) is 9.76. The van der Waals surface area contributed by atoms with Crippen LogP contribution in [0.15, 0.2) is 0 Å². The van der Waals surface area contributed by atoms with E-state index in [0.29, 0.717) is 0 Å². The monoisotopic (exact) mass is 190 g/mol. The summed E-state index contributed by atoms with van der Waals surface area (Å²) < 4.78 is 0. The molecule has 0 heterocycles. The molecule has 7 heteroatoms. The zero-order valence-corrected chi connectivity index (χ0v) is 13.6. The molecular formula is C3H7NNa3O2S. The second-order valence-electron chi connectivity index (χ2n) is 1.13. The number of rotatable bonds is 2. The number of nitrogens with two attached hydrogens (primary N) is 1. The van der Waals surface area contributed by atoms with E-state index in [1.165, 1.54) is 0 Å². The van der Waals surface area contributed by atoms with Crippen LogP contribution in [0.3, 0.4) is 0 Å². The summed E-state index contributed by atoms with van der Waals surface area (Å²) in [7, 11) is 0. The van der Waals surface area contributed by atoms with E-state index < -0.39 is 12.0 Å². The van der Waals surface area contributed by atoms with Gasteiger partial charge in [0.05, 0.1) is 0 Å². The van der Waals surface area contributed by atoms with Crippen LogP contribution in [-0.4, -0.2) is 112 Å². The molecule has 0 aliphatic carbocycles. The first-order valence-corrected chi connectivity index (χ1v) is 2.41. The fraction of sp³-hybridized carbons (Fsp3) is 0.667. The molecule has 0 saturated heterocycles. The van der Waals surface area contributed by atoms with Crippen molar-refractivity contribution in [3.63, 3.8) is 0 Å². The zero-order valence-electron chi connectivity index (χ0n) is 6.66. The van der Waals surface area contributed by atoms with Gasteiger partial charge in [-0.15, -0.1) is 0 Å². The van der Waals surface area contributed by atoms with Gasteiger partial charge in [0.15, 0.2) is 0 Å². The normalized spacial score (nSPS) is 9.40. The third kappa shape index (κ3) is 13.4. The summed E-state index contributed by atoms with van der Waals surface area (Å²) >= 11 is 3.65. The standard InChI is InChI=1S/C3H7NO2S.3Na/c4-2(1-7)3(5)6;;;/h2,7H,1,4H2,(H,5,6);;;/t2-;;;/m1.../s1. The van der Waals surface area contributed by atoms with Gasteiger partial charge in [0.2, 0.25) is 0 Å². The van der Waals surface area contributed by atoms with Crippen molar-refractivity contribution in [2.24, 2.45) is 5.73 Å². The molecule has 3 radical (unpaired) electrons. The molecule has 0 fully saturated rings. The van der Waals surface area contributed by atoms with Gasteiger partial charge in [-0.2, -0.15) is 12.6 Å². The Balaban J connectivity index is -0.0000000600. The molecule has 10 heavy (non-hydrogen) atoms. The first kappa shape index (κ1) is 23.0. The third-order valence-corrected chi connectivity index (χ3v) is 0.907. The van der Waals surface area contributed by atoms with Crippen molar-refractivity contribution < 1.29 is 9.90 Å². The molecule has 0 amide bonds. The summed E-state index contributed by atoms with van der Waals surface area (Å²) in [5.41, 5.74) is 4.94. The van der Waals surface area contributed by atoms with E-state index >= 15 is 0 Å². The van der Waals surface area contributed by atoms with Crippen molar-refractivity contribution in [2.75, 3.05) is 5.75 Å². The molecule has 0 aromatic carbocycles. The Kier molecular flexibility index (Phi) is 32.9. The Labute approximate surface area is 132 Å². The van der Waals surface area contributed by atoms with E-state index in [0.717, 1.165) is 0 Å². The number of thiol groups is 1. The number of carbonyl (C=O) groups is 1. The first-order chi connectivity index (χ1) is 3.18. The number of carboxylic acid groups (broad SMARTS) is 1. The molecule has 0 bridgehead atoms. The molecule has 0 unspecified atom stereocenters. The van der Waals surface area contributed by atoms with E-state index in [-0.39, 0.29) is 94.4 Å². The Morgan fingerprint density at radius 2 is 1.80 bits per heavy atom. The molecule has 0 spiro atoms. The maximum atomic E-state index is 9.76. The second kappa shape index (κ2) is 14.3. The van der Waals surface area contributed by atoms with Gasteiger partial charge in [0.25, 0.3) is 0 Å². The Hall–Kier alpha value is 2.78. The number of carboxylic acids is 1. The van der Waals surface area contributed by atoms with E-state index in [9.17, 15) is 4.79 Å². The van der Waals surface area contributed by atoms with Gasteiger partial charge in [0.1, 0.15) is 6.04 Å². The minimum atomic E-state index is -1.00. The van der Waals surface area contributed by atoms with E-state index in [1.54, 1.807) is 0 Å². The Morgan fingerprint density at radius 3 is 1.80 bits per heavy atom. The molecule has 0 saturated carbocycles. The minimum absolute atomic E-state index is 0. The topological polar surface area (TPSA) is 63.3 Å². The fourth-order valence-corrected chi connectivity index (χ4v) is 0.234. The van der Waals surface area contributed by atoms with Gasteiger partial charge in [-0.3, -0.25) is 4.79 Å². The predicted molar refractivity (Wildman–Crippen MR) is 46.7 cm³/mol. The van der Waals surface area contributed by atoms with Crippen molar-refractivity contribution in [3.8, 4) is 0 Å². The van der Waals surface area contributed by atoms with Crippen LogP contribution in [0.1, 0.15) is 0 Å². The average Bonchev–Trinajstić information content (AvgIpc) is 1.65. The van der Waals surface area contributed by atoms with Crippen LogP contribution in [0.4, 0.5) is 0 Å². The van der Waals surface area contributed by atoms with E-state index in [1.807, 2.05) is 0 Å². The minimum Gasteiger partial charge on any atom is -0.480 e. The summed E-state index contributed by atoms with van der Waals surface area (Å²) in [6.07, 6.45) is 0. The van der Waals surface area contributed by atoms with Crippen LogP contribution >= 0.6 is 12.6 Å². The van der Waals surface area contributed by atoms with Crippen LogP contribution in [0.2, 0.25) is 0 Å². The average molecular weight is 190 g/mol. The molecular weight excluding hydrogens is 183 g/mol. The molecule has 0 aromatic heterocycles. The van der Waals surface area contributed by atoms with Gasteiger partial charge in [-0.25, -0.2) is 0 Å². The van der Waals surface area contributed by atoms with Crippen molar-refractivity contribution in [2.45, 2.75) is 6.04 Å². The van der Waals surface area contributed by atoms with Crippen LogP contribution in [-0.2, 0) is 4.79 Å².